The number of carbonyl (C=O) groups excluding carboxylic acids is 1. The Morgan fingerprint density at radius 3 is 2.81 bits per heavy atom. The number of urea groups is 1. The Morgan fingerprint density at radius 1 is 1.22 bits per heavy atom. The molecule has 6 nitrogen and oxygen atoms in total. The lowest BCUT2D eigenvalue weighted by atomic mass is 9.94. The molecule has 0 saturated carbocycles. The first-order valence-electron chi connectivity index (χ1n) is 9.55. The van der Waals surface area contributed by atoms with Crippen molar-refractivity contribution >= 4 is 6.03 Å². The Labute approximate surface area is 157 Å². The third kappa shape index (κ3) is 2.72. The minimum Gasteiger partial charge on any atom is -0.378 e. The zero-order chi connectivity index (χ0) is 18.5. The molecule has 3 aliphatic rings. The van der Waals surface area contributed by atoms with Gasteiger partial charge < -0.3 is 14.5 Å². The van der Waals surface area contributed by atoms with E-state index in [9.17, 15) is 9.18 Å². The quantitative estimate of drug-likeness (QED) is 0.774. The number of carbonyl (C=O) groups is 1. The molecule has 3 heterocycles. The van der Waals surface area contributed by atoms with Gasteiger partial charge in [0.15, 0.2) is 0 Å². The maximum absolute atomic E-state index is 13.8. The van der Waals surface area contributed by atoms with Crippen LogP contribution < -0.4 is 0 Å². The molecule has 5 rings (SSSR count). The van der Waals surface area contributed by atoms with E-state index in [0.717, 1.165) is 24.2 Å². The van der Waals surface area contributed by atoms with E-state index >= 15 is 0 Å². The van der Waals surface area contributed by atoms with Crippen LogP contribution in [0.3, 0.4) is 0 Å². The van der Waals surface area contributed by atoms with Crippen molar-refractivity contribution < 1.29 is 13.9 Å². The molecule has 0 N–H and O–H groups in total. The highest BCUT2D eigenvalue weighted by atomic mass is 19.1. The van der Waals surface area contributed by atoms with Crippen LogP contribution >= 0.6 is 0 Å². The topological polar surface area (TPSA) is 50.6 Å². The fourth-order valence-electron chi connectivity index (χ4n) is 4.82. The van der Waals surface area contributed by atoms with Crippen molar-refractivity contribution in [2.45, 2.75) is 12.3 Å². The molecular weight excluding hydrogens is 347 g/mol. The summed E-state index contributed by atoms with van der Waals surface area (Å²) in [5.74, 6) is 0.440. The molecule has 1 aliphatic carbocycles. The van der Waals surface area contributed by atoms with Crippen LogP contribution in [0, 0.1) is 11.7 Å². The van der Waals surface area contributed by atoms with Crippen LogP contribution in [0.5, 0.6) is 0 Å². The number of aryl methyl sites for hydroxylation is 1. The van der Waals surface area contributed by atoms with Crippen molar-refractivity contribution in [1.82, 2.24) is 19.6 Å². The Morgan fingerprint density at radius 2 is 2.04 bits per heavy atom. The summed E-state index contributed by atoms with van der Waals surface area (Å²) in [5.41, 5.74) is 4.10. The number of rotatable bonds is 1. The molecule has 1 aromatic heterocycles. The Hall–Kier alpha value is -2.41. The van der Waals surface area contributed by atoms with Gasteiger partial charge in [-0.1, -0.05) is 12.1 Å². The number of hydrogen-bond donors (Lipinski definition) is 0. The number of nitrogens with zero attached hydrogens (tertiary/aromatic N) is 4. The van der Waals surface area contributed by atoms with Crippen LogP contribution in [0.15, 0.2) is 24.3 Å². The van der Waals surface area contributed by atoms with Gasteiger partial charge in [-0.25, -0.2) is 9.18 Å². The minimum atomic E-state index is -0.253. The van der Waals surface area contributed by atoms with Gasteiger partial charge in [0, 0.05) is 56.0 Å². The predicted molar refractivity (Wildman–Crippen MR) is 97.9 cm³/mol. The summed E-state index contributed by atoms with van der Waals surface area (Å²) < 4.78 is 21.0. The van der Waals surface area contributed by atoms with Crippen molar-refractivity contribution in [2.24, 2.45) is 13.0 Å². The molecule has 0 radical (unpaired) electrons. The monoisotopic (exact) mass is 370 g/mol. The standard InChI is InChI=1S/C20H23FN4O2/c1-23-17-10-14-11-25(20(26)24-5-7-27-8-6-24)12-16(14)18(17)19(22-23)13-3-2-4-15(21)9-13/h2-4,9,14,16H,5-8,10-12H2,1H3/t14-,16+/m0/s1. The maximum atomic E-state index is 13.8. The molecule has 142 valence electrons. The van der Waals surface area contributed by atoms with Crippen LogP contribution in [-0.4, -0.2) is 65.0 Å². The zero-order valence-electron chi connectivity index (χ0n) is 15.4. The number of amides is 2. The average molecular weight is 370 g/mol. The van der Waals surface area contributed by atoms with E-state index in [2.05, 4.69) is 5.10 Å². The van der Waals surface area contributed by atoms with Gasteiger partial charge in [-0.05, 0) is 24.5 Å². The predicted octanol–water partition coefficient (Wildman–Crippen LogP) is 2.25. The molecule has 0 spiro atoms. The molecule has 0 bridgehead atoms. The van der Waals surface area contributed by atoms with Gasteiger partial charge in [0.2, 0.25) is 0 Å². The molecule has 2 aromatic rings. The number of morpholine rings is 1. The molecule has 2 saturated heterocycles. The van der Waals surface area contributed by atoms with E-state index in [1.165, 1.54) is 17.3 Å². The molecule has 2 aliphatic heterocycles. The van der Waals surface area contributed by atoms with Crippen LogP contribution in [0.25, 0.3) is 11.3 Å². The third-order valence-electron chi connectivity index (χ3n) is 6.12. The van der Waals surface area contributed by atoms with Gasteiger partial charge in [-0.2, -0.15) is 5.10 Å². The normalized spacial score (nSPS) is 24.2. The summed E-state index contributed by atoms with van der Waals surface area (Å²) in [7, 11) is 1.96. The molecular formula is C20H23FN4O2. The van der Waals surface area contributed by atoms with E-state index in [1.54, 1.807) is 12.1 Å². The summed E-state index contributed by atoms with van der Waals surface area (Å²) in [6, 6.07) is 6.74. The van der Waals surface area contributed by atoms with Crippen molar-refractivity contribution in [1.29, 1.82) is 0 Å². The number of aromatic nitrogens is 2. The van der Waals surface area contributed by atoms with Gasteiger partial charge in [-0.15, -0.1) is 0 Å². The first-order valence-corrected chi connectivity index (χ1v) is 9.55. The van der Waals surface area contributed by atoms with Crippen LogP contribution in [0.2, 0.25) is 0 Å². The van der Waals surface area contributed by atoms with Gasteiger partial charge in [0.25, 0.3) is 0 Å². The van der Waals surface area contributed by atoms with E-state index in [1.807, 2.05) is 27.6 Å². The zero-order valence-corrected chi connectivity index (χ0v) is 15.4. The number of benzene rings is 1. The second-order valence-electron chi connectivity index (χ2n) is 7.70. The third-order valence-corrected chi connectivity index (χ3v) is 6.12. The number of hydrogen-bond acceptors (Lipinski definition) is 3. The molecule has 2 atom stereocenters. The molecule has 7 heteroatoms. The molecule has 2 fully saturated rings. The summed E-state index contributed by atoms with van der Waals surface area (Å²) in [5, 5.41) is 4.68. The van der Waals surface area contributed by atoms with E-state index in [4.69, 9.17) is 4.74 Å². The van der Waals surface area contributed by atoms with Crippen molar-refractivity contribution in [3.05, 3.63) is 41.3 Å². The highest BCUT2D eigenvalue weighted by Crippen LogP contribution is 2.47. The number of fused-ring (bicyclic) bond motifs is 3. The largest absolute Gasteiger partial charge is 0.378 e. The lowest BCUT2D eigenvalue weighted by Crippen LogP contribution is -2.47. The molecule has 2 amide bonds. The van der Waals surface area contributed by atoms with Crippen LogP contribution in [-0.2, 0) is 18.2 Å². The summed E-state index contributed by atoms with van der Waals surface area (Å²) >= 11 is 0. The maximum Gasteiger partial charge on any atom is 0.320 e. The number of likely N-dealkylation sites (tertiary alicyclic amines) is 1. The highest BCUT2D eigenvalue weighted by molar-refractivity contribution is 5.76. The second-order valence-corrected chi connectivity index (χ2v) is 7.70. The summed E-state index contributed by atoms with van der Waals surface area (Å²) in [4.78, 5) is 16.7. The summed E-state index contributed by atoms with van der Waals surface area (Å²) in [6.45, 7) is 4.04. The Bertz CT molecular complexity index is 890. The van der Waals surface area contributed by atoms with E-state index in [0.29, 0.717) is 38.8 Å². The van der Waals surface area contributed by atoms with Gasteiger partial charge in [-0.3, -0.25) is 4.68 Å². The van der Waals surface area contributed by atoms with E-state index < -0.39 is 0 Å². The van der Waals surface area contributed by atoms with Gasteiger partial charge in [0.05, 0.1) is 18.9 Å². The lowest BCUT2D eigenvalue weighted by molar-refractivity contribution is 0.0448. The van der Waals surface area contributed by atoms with Crippen molar-refractivity contribution in [2.75, 3.05) is 39.4 Å². The summed E-state index contributed by atoms with van der Waals surface area (Å²) in [6.07, 6.45) is 0.922. The lowest BCUT2D eigenvalue weighted by Gasteiger charge is -2.31. The SMILES string of the molecule is Cn1nc(-c2cccc(F)c2)c2c1C[C@H]1CN(C(=O)N3CCOCC3)C[C@@H]21. The average Bonchev–Trinajstić information content (AvgIpc) is 3.33. The number of halogens is 1. The van der Waals surface area contributed by atoms with Gasteiger partial charge >= 0.3 is 6.03 Å². The van der Waals surface area contributed by atoms with E-state index in [-0.39, 0.29) is 17.8 Å². The van der Waals surface area contributed by atoms with Crippen LogP contribution in [0.1, 0.15) is 17.2 Å². The second kappa shape index (κ2) is 6.34. The minimum absolute atomic E-state index is 0.116. The van der Waals surface area contributed by atoms with Crippen molar-refractivity contribution in [3.8, 4) is 11.3 Å². The molecule has 0 unspecified atom stereocenters. The first-order chi connectivity index (χ1) is 13.1. The van der Waals surface area contributed by atoms with Gasteiger partial charge in [0.1, 0.15) is 5.82 Å². The smallest absolute Gasteiger partial charge is 0.320 e. The fourth-order valence-corrected chi connectivity index (χ4v) is 4.82. The molecule has 1 aromatic carbocycles. The van der Waals surface area contributed by atoms with Crippen molar-refractivity contribution in [3.63, 3.8) is 0 Å². The number of ether oxygens (including phenoxy) is 1. The Kier molecular flexibility index (Phi) is 3.93. The molecule has 27 heavy (non-hydrogen) atoms. The highest BCUT2D eigenvalue weighted by Gasteiger charge is 2.45. The van der Waals surface area contributed by atoms with Crippen LogP contribution in [0.4, 0.5) is 9.18 Å². The Balaban J connectivity index is 1.43. The first kappa shape index (κ1) is 16.7. The fraction of sp³-hybridized carbons (Fsp3) is 0.500.